The first-order valence-corrected chi connectivity index (χ1v) is 5.27. The molecular formula is C12H17NO2. The van der Waals surface area contributed by atoms with Gasteiger partial charge < -0.3 is 15.2 Å². The van der Waals surface area contributed by atoms with Gasteiger partial charge in [0.1, 0.15) is 5.75 Å². The van der Waals surface area contributed by atoms with E-state index in [2.05, 4.69) is 18.3 Å². The summed E-state index contributed by atoms with van der Waals surface area (Å²) < 4.78 is 5.28. The lowest BCUT2D eigenvalue weighted by Crippen LogP contribution is -2.15. The van der Waals surface area contributed by atoms with Crippen LogP contribution in [0.3, 0.4) is 0 Å². The first-order chi connectivity index (χ1) is 7.22. The van der Waals surface area contributed by atoms with Crippen molar-refractivity contribution in [1.29, 1.82) is 0 Å². The second-order valence-electron chi connectivity index (χ2n) is 4.02. The van der Waals surface area contributed by atoms with Gasteiger partial charge in [-0.05, 0) is 30.5 Å². The van der Waals surface area contributed by atoms with Crippen molar-refractivity contribution in [2.24, 2.45) is 0 Å². The molecule has 0 aliphatic carbocycles. The largest absolute Gasteiger partial charge is 0.496 e. The molecule has 0 amide bonds. The van der Waals surface area contributed by atoms with E-state index in [0.717, 1.165) is 17.7 Å². The van der Waals surface area contributed by atoms with Gasteiger partial charge in [0.15, 0.2) is 0 Å². The van der Waals surface area contributed by atoms with Crippen molar-refractivity contribution in [3.05, 3.63) is 29.3 Å². The van der Waals surface area contributed by atoms with Crippen molar-refractivity contribution in [2.45, 2.75) is 25.5 Å². The van der Waals surface area contributed by atoms with E-state index in [-0.39, 0.29) is 12.1 Å². The van der Waals surface area contributed by atoms with Gasteiger partial charge in [-0.3, -0.25) is 0 Å². The Balaban J connectivity index is 2.28. The van der Waals surface area contributed by atoms with Crippen molar-refractivity contribution in [3.8, 4) is 5.75 Å². The van der Waals surface area contributed by atoms with E-state index >= 15 is 0 Å². The van der Waals surface area contributed by atoms with Crippen LogP contribution in [0.2, 0.25) is 0 Å². The lowest BCUT2D eigenvalue weighted by Gasteiger charge is -2.15. The monoisotopic (exact) mass is 207 g/mol. The third-order valence-electron chi connectivity index (χ3n) is 3.03. The summed E-state index contributed by atoms with van der Waals surface area (Å²) in [7, 11) is 1.68. The highest BCUT2D eigenvalue weighted by Crippen LogP contribution is 2.30. The minimum Gasteiger partial charge on any atom is -0.496 e. The molecule has 2 atom stereocenters. The molecule has 1 fully saturated rings. The fourth-order valence-corrected chi connectivity index (χ4v) is 2.18. The van der Waals surface area contributed by atoms with Crippen LogP contribution in [0.1, 0.15) is 23.6 Å². The first-order valence-electron chi connectivity index (χ1n) is 5.27. The van der Waals surface area contributed by atoms with Crippen molar-refractivity contribution in [3.63, 3.8) is 0 Å². The van der Waals surface area contributed by atoms with Crippen molar-refractivity contribution in [2.75, 3.05) is 13.7 Å². The quantitative estimate of drug-likeness (QED) is 0.770. The molecule has 1 aromatic carbocycles. The van der Waals surface area contributed by atoms with Crippen LogP contribution in [0.15, 0.2) is 18.2 Å². The molecule has 1 aromatic rings. The molecular weight excluding hydrogens is 190 g/mol. The van der Waals surface area contributed by atoms with Crippen LogP contribution >= 0.6 is 0 Å². The van der Waals surface area contributed by atoms with E-state index in [1.54, 1.807) is 7.11 Å². The summed E-state index contributed by atoms with van der Waals surface area (Å²) in [6, 6.07) is 6.31. The summed E-state index contributed by atoms with van der Waals surface area (Å²) in [6.45, 7) is 2.74. The second-order valence-corrected chi connectivity index (χ2v) is 4.02. The van der Waals surface area contributed by atoms with Gasteiger partial charge in [-0.1, -0.05) is 12.1 Å². The fourth-order valence-electron chi connectivity index (χ4n) is 2.18. The molecule has 0 radical (unpaired) electrons. The van der Waals surface area contributed by atoms with Gasteiger partial charge in [-0.2, -0.15) is 0 Å². The van der Waals surface area contributed by atoms with Crippen LogP contribution in [0.4, 0.5) is 0 Å². The molecule has 2 rings (SSSR count). The first kappa shape index (κ1) is 10.5. The minimum atomic E-state index is -0.222. The highest BCUT2D eigenvalue weighted by molar-refractivity contribution is 5.41. The summed E-state index contributed by atoms with van der Waals surface area (Å²) in [6.07, 6.45) is 0.564. The van der Waals surface area contributed by atoms with Crippen molar-refractivity contribution >= 4 is 0 Å². The van der Waals surface area contributed by atoms with Crippen molar-refractivity contribution in [1.82, 2.24) is 5.32 Å². The normalized spacial score (nSPS) is 25.5. The molecule has 82 valence electrons. The van der Waals surface area contributed by atoms with E-state index in [1.165, 1.54) is 5.56 Å². The van der Waals surface area contributed by atoms with E-state index in [9.17, 15) is 5.11 Å². The second kappa shape index (κ2) is 4.21. The highest BCUT2D eigenvalue weighted by atomic mass is 16.5. The predicted molar refractivity (Wildman–Crippen MR) is 59.1 cm³/mol. The third kappa shape index (κ3) is 1.98. The van der Waals surface area contributed by atoms with E-state index in [1.807, 2.05) is 12.1 Å². The Bertz CT molecular complexity index is 351. The zero-order valence-electron chi connectivity index (χ0n) is 9.16. The van der Waals surface area contributed by atoms with Gasteiger partial charge in [0.25, 0.3) is 0 Å². The van der Waals surface area contributed by atoms with Crippen LogP contribution < -0.4 is 10.1 Å². The number of hydrogen-bond donors (Lipinski definition) is 2. The number of ether oxygens (including phenoxy) is 1. The molecule has 0 aromatic heterocycles. The van der Waals surface area contributed by atoms with Crippen LogP contribution in [0.25, 0.3) is 0 Å². The van der Waals surface area contributed by atoms with Crippen LogP contribution in [-0.4, -0.2) is 24.9 Å². The molecule has 1 aliphatic rings. The van der Waals surface area contributed by atoms with Gasteiger partial charge in [0.2, 0.25) is 0 Å². The van der Waals surface area contributed by atoms with Gasteiger partial charge in [0.05, 0.1) is 13.2 Å². The number of aliphatic hydroxyl groups excluding tert-OH is 1. The molecule has 0 bridgehead atoms. The summed E-state index contributed by atoms with van der Waals surface area (Å²) >= 11 is 0. The van der Waals surface area contributed by atoms with Gasteiger partial charge in [-0.15, -0.1) is 0 Å². The van der Waals surface area contributed by atoms with E-state index in [0.29, 0.717) is 6.54 Å². The number of methoxy groups -OCH3 is 1. The van der Waals surface area contributed by atoms with Crippen molar-refractivity contribution < 1.29 is 9.84 Å². The lowest BCUT2D eigenvalue weighted by molar-refractivity contribution is 0.193. The molecule has 2 N–H and O–H groups in total. The van der Waals surface area contributed by atoms with Crippen LogP contribution in [-0.2, 0) is 0 Å². The Kier molecular flexibility index (Phi) is 2.93. The number of hydrogen-bond acceptors (Lipinski definition) is 3. The fraction of sp³-hybridized carbons (Fsp3) is 0.500. The Labute approximate surface area is 90.1 Å². The summed E-state index contributed by atoms with van der Waals surface area (Å²) in [5.74, 6) is 0.913. The minimum absolute atomic E-state index is 0.222. The molecule has 0 saturated carbocycles. The molecule has 1 saturated heterocycles. The SMILES string of the molecule is COc1cccc([C@@H]2C[C@H](O)CN2)c1C. The third-order valence-corrected chi connectivity index (χ3v) is 3.03. The average Bonchev–Trinajstić information content (AvgIpc) is 2.65. The molecule has 3 nitrogen and oxygen atoms in total. The van der Waals surface area contributed by atoms with E-state index in [4.69, 9.17) is 4.74 Å². The molecule has 1 aliphatic heterocycles. The molecule has 1 heterocycles. The highest BCUT2D eigenvalue weighted by Gasteiger charge is 2.25. The lowest BCUT2D eigenvalue weighted by atomic mass is 9.99. The maximum absolute atomic E-state index is 9.48. The Hall–Kier alpha value is -1.06. The van der Waals surface area contributed by atoms with E-state index < -0.39 is 0 Å². The number of benzene rings is 1. The standard InChI is InChI=1S/C12H17NO2/c1-8-10(4-3-5-12(8)15-2)11-6-9(14)7-13-11/h3-5,9,11,13-14H,6-7H2,1-2H3/t9-,11-/m0/s1. The Morgan fingerprint density at radius 1 is 1.47 bits per heavy atom. The summed E-state index contributed by atoms with van der Waals surface area (Å²) in [4.78, 5) is 0. The summed E-state index contributed by atoms with van der Waals surface area (Å²) in [5.41, 5.74) is 2.39. The molecule has 0 spiro atoms. The van der Waals surface area contributed by atoms with Gasteiger partial charge in [-0.25, -0.2) is 0 Å². The smallest absolute Gasteiger partial charge is 0.122 e. The number of nitrogens with one attached hydrogen (secondary N) is 1. The maximum Gasteiger partial charge on any atom is 0.122 e. The average molecular weight is 207 g/mol. The number of aliphatic hydroxyl groups is 1. The molecule has 0 unspecified atom stereocenters. The van der Waals surface area contributed by atoms with Gasteiger partial charge in [0, 0.05) is 12.6 Å². The number of rotatable bonds is 2. The maximum atomic E-state index is 9.48. The molecule has 15 heavy (non-hydrogen) atoms. The van der Waals surface area contributed by atoms with Gasteiger partial charge >= 0.3 is 0 Å². The summed E-state index contributed by atoms with van der Waals surface area (Å²) in [5, 5.41) is 12.8. The zero-order valence-corrected chi connectivity index (χ0v) is 9.16. The molecule has 3 heteroatoms. The Morgan fingerprint density at radius 2 is 2.27 bits per heavy atom. The zero-order chi connectivity index (χ0) is 10.8. The number of β-amino-alcohol motifs (C(OH)–C–C–N with tert-alkyl or cyclic N) is 1. The van der Waals surface area contributed by atoms with Crippen LogP contribution in [0.5, 0.6) is 5.75 Å². The predicted octanol–water partition coefficient (Wildman–Crippen LogP) is 1.40. The topological polar surface area (TPSA) is 41.5 Å². The van der Waals surface area contributed by atoms with Crippen LogP contribution in [0, 0.1) is 6.92 Å². The Morgan fingerprint density at radius 3 is 2.87 bits per heavy atom.